The van der Waals surface area contributed by atoms with Crippen molar-refractivity contribution >= 4 is 29.0 Å². The molecule has 1 atom stereocenters. The van der Waals surface area contributed by atoms with Crippen molar-refractivity contribution in [2.45, 2.75) is 25.6 Å². The molecular weight excluding hydrogens is 416 g/mol. The standard InChI is InChI=1S/C20H20ClF2N5O2/c21-13-5-6-18-25-15(12-28(18)10-13)9-24-20(29)26-14-7-8-27(11-14)16-3-1-2-4-17(16)30-19(22)23/h1-6,10,12,14,19H,7-9,11H2,(H2,24,26,29). The van der Waals surface area contributed by atoms with Gasteiger partial charge in [0.15, 0.2) is 0 Å². The summed E-state index contributed by atoms with van der Waals surface area (Å²) in [7, 11) is 0. The number of benzene rings is 1. The van der Waals surface area contributed by atoms with E-state index in [0.29, 0.717) is 35.9 Å². The fourth-order valence-electron chi connectivity index (χ4n) is 3.52. The van der Waals surface area contributed by atoms with Crippen LogP contribution in [0.1, 0.15) is 12.1 Å². The maximum absolute atomic E-state index is 12.6. The number of aromatic nitrogens is 2. The van der Waals surface area contributed by atoms with Crippen molar-refractivity contribution in [2.24, 2.45) is 0 Å². The molecule has 1 saturated heterocycles. The van der Waals surface area contributed by atoms with E-state index in [2.05, 4.69) is 20.4 Å². The second-order valence-corrected chi connectivity index (χ2v) is 7.39. The Kier molecular flexibility index (Phi) is 5.89. The number of urea groups is 1. The Hall–Kier alpha value is -3.07. The number of hydrogen-bond acceptors (Lipinski definition) is 4. The number of carbonyl (C=O) groups is 1. The molecule has 1 fully saturated rings. The number of carbonyl (C=O) groups excluding carboxylic acids is 1. The maximum atomic E-state index is 12.6. The SMILES string of the molecule is O=C(NCc1cn2cc(Cl)ccc2n1)NC1CCN(c2ccccc2OC(F)F)C1. The molecule has 0 saturated carbocycles. The van der Waals surface area contributed by atoms with Crippen LogP contribution in [0.4, 0.5) is 19.3 Å². The zero-order chi connectivity index (χ0) is 21.1. The number of imidazole rings is 1. The van der Waals surface area contributed by atoms with Gasteiger partial charge in [-0.25, -0.2) is 9.78 Å². The van der Waals surface area contributed by atoms with Gasteiger partial charge in [-0.3, -0.25) is 0 Å². The van der Waals surface area contributed by atoms with Crippen molar-refractivity contribution in [1.82, 2.24) is 20.0 Å². The molecule has 0 bridgehead atoms. The van der Waals surface area contributed by atoms with Crippen LogP contribution < -0.4 is 20.3 Å². The Morgan fingerprint density at radius 2 is 2.10 bits per heavy atom. The second-order valence-electron chi connectivity index (χ2n) is 6.95. The van der Waals surface area contributed by atoms with E-state index in [-0.39, 0.29) is 24.4 Å². The lowest BCUT2D eigenvalue weighted by molar-refractivity contribution is -0.0495. The number of para-hydroxylation sites is 2. The van der Waals surface area contributed by atoms with Crippen LogP contribution in [0.2, 0.25) is 5.02 Å². The van der Waals surface area contributed by atoms with Crippen LogP contribution in [0.3, 0.4) is 0 Å². The first kappa shape index (κ1) is 20.2. The van der Waals surface area contributed by atoms with E-state index in [1.54, 1.807) is 47.1 Å². The first-order valence-electron chi connectivity index (χ1n) is 9.44. The maximum Gasteiger partial charge on any atom is 0.387 e. The predicted octanol–water partition coefficient (Wildman–Crippen LogP) is 3.67. The van der Waals surface area contributed by atoms with Crippen LogP contribution >= 0.6 is 11.6 Å². The van der Waals surface area contributed by atoms with E-state index in [4.69, 9.17) is 11.6 Å². The number of alkyl halides is 2. The number of anilines is 1. The summed E-state index contributed by atoms with van der Waals surface area (Å²) in [5.74, 6) is 0.129. The molecule has 0 aliphatic carbocycles. The average Bonchev–Trinajstić information content (AvgIpc) is 3.32. The quantitative estimate of drug-likeness (QED) is 0.620. The largest absolute Gasteiger partial charge is 0.433 e. The van der Waals surface area contributed by atoms with Gasteiger partial charge in [0.1, 0.15) is 11.4 Å². The number of fused-ring (bicyclic) bond motifs is 1. The minimum Gasteiger partial charge on any atom is -0.433 e. The molecule has 0 radical (unpaired) electrons. The predicted molar refractivity (Wildman–Crippen MR) is 109 cm³/mol. The first-order valence-corrected chi connectivity index (χ1v) is 9.82. The lowest BCUT2D eigenvalue weighted by atomic mass is 10.2. The fraction of sp³-hybridized carbons (Fsp3) is 0.300. The summed E-state index contributed by atoms with van der Waals surface area (Å²) < 4.78 is 31.7. The molecule has 1 aromatic carbocycles. The highest BCUT2D eigenvalue weighted by molar-refractivity contribution is 6.30. The highest BCUT2D eigenvalue weighted by atomic mass is 35.5. The fourth-order valence-corrected chi connectivity index (χ4v) is 3.69. The molecule has 158 valence electrons. The van der Waals surface area contributed by atoms with Gasteiger partial charge in [0.2, 0.25) is 0 Å². The topological polar surface area (TPSA) is 70.9 Å². The summed E-state index contributed by atoms with van der Waals surface area (Å²) in [6, 6.07) is 9.79. The molecule has 30 heavy (non-hydrogen) atoms. The van der Waals surface area contributed by atoms with Gasteiger partial charge in [0.05, 0.1) is 22.9 Å². The van der Waals surface area contributed by atoms with E-state index in [1.165, 1.54) is 6.07 Å². The van der Waals surface area contributed by atoms with Crippen molar-refractivity contribution < 1.29 is 18.3 Å². The van der Waals surface area contributed by atoms with E-state index in [1.807, 2.05) is 4.90 Å². The molecule has 4 rings (SSSR count). The van der Waals surface area contributed by atoms with Crippen LogP contribution in [0.15, 0.2) is 48.8 Å². The first-order chi connectivity index (χ1) is 14.5. The summed E-state index contributed by atoms with van der Waals surface area (Å²) in [5.41, 5.74) is 2.04. The van der Waals surface area contributed by atoms with Crippen molar-refractivity contribution in [1.29, 1.82) is 0 Å². The molecule has 3 aromatic rings. The van der Waals surface area contributed by atoms with Crippen LogP contribution in [0.5, 0.6) is 5.75 Å². The summed E-state index contributed by atoms with van der Waals surface area (Å²) in [4.78, 5) is 18.6. The Morgan fingerprint density at radius 1 is 1.27 bits per heavy atom. The number of pyridine rings is 1. The third-order valence-electron chi connectivity index (χ3n) is 4.84. The van der Waals surface area contributed by atoms with Crippen LogP contribution in [0, 0.1) is 0 Å². The van der Waals surface area contributed by atoms with E-state index in [9.17, 15) is 13.6 Å². The summed E-state index contributed by atoms with van der Waals surface area (Å²) in [6.45, 7) is -1.48. The number of rotatable bonds is 6. The van der Waals surface area contributed by atoms with E-state index in [0.717, 1.165) is 5.65 Å². The number of ether oxygens (including phenoxy) is 1. The van der Waals surface area contributed by atoms with Gasteiger partial charge < -0.3 is 24.7 Å². The summed E-state index contributed by atoms with van der Waals surface area (Å²) >= 11 is 5.96. The molecule has 2 amide bonds. The Bertz CT molecular complexity index is 1040. The van der Waals surface area contributed by atoms with Gasteiger partial charge in [0, 0.05) is 31.5 Å². The number of amides is 2. The van der Waals surface area contributed by atoms with Crippen LogP contribution in [-0.2, 0) is 6.54 Å². The van der Waals surface area contributed by atoms with Gasteiger partial charge in [0.25, 0.3) is 0 Å². The molecule has 0 spiro atoms. The Balaban J connectivity index is 1.30. The minimum atomic E-state index is -2.89. The molecule has 3 heterocycles. The number of halogens is 3. The molecule has 1 aliphatic heterocycles. The molecule has 7 nitrogen and oxygen atoms in total. The molecule has 10 heteroatoms. The van der Waals surface area contributed by atoms with Crippen molar-refractivity contribution in [3.05, 3.63) is 59.5 Å². The highest BCUT2D eigenvalue weighted by Gasteiger charge is 2.26. The zero-order valence-electron chi connectivity index (χ0n) is 15.9. The molecule has 1 unspecified atom stereocenters. The van der Waals surface area contributed by atoms with Gasteiger partial charge in [-0.1, -0.05) is 23.7 Å². The Labute approximate surface area is 176 Å². The van der Waals surface area contributed by atoms with E-state index >= 15 is 0 Å². The van der Waals surface area contributed by atoms with Gasteiger partial charge in [-0.2, -0.15) is 8.78 Å². The smallest absolute Gasteiger partial charge is 0.387 e. The van der Waals surface area contributed by atoms with E-state index < -0.39 is 6.61 Å². The lowest BCUT2D eigenvalue weighted by Crippen LogP contribution is -2.43. The second kappa shape index (κ2) is 8.74. The van der Waals surface area contributed by atoms with Crippen molar-refractivity contribution in [3.8, 4) is 5.75 Å². The Morgan fingerprint density at radius 3 is 2.93 bits per heavy atom. The number of nitrogens with one attached hydrogen (secondary N) is 2. The highest BCUT2D eigenvalue weighted by Crippen LogP contribution is 2.31. The zero-order valence-corrected chi connectivity index (χ0v) is 16.6. The number of nitrogens with zero attached hydrogens (tertiary/aromatic N) is 3. The normalized spacial score (nSPS) is 16.3. The molecule has 1 aliphatic rings. The molecular formula is C20H20ClF2N5O2. The summed E-state index contributed by atoms with van der Waals surface area (Å²) in [6.07, 6.45) is 4.25. The lowest BCUT2D eigenvalue weighted by Gasteiger charge is -2.22. The van der Waals surface area contributed by atoms with Gasteiger partial charge >= 0.3 is 12.6 Å². The molecule has 2 N–H and O–H groups in total. The van der Waals surface area contributed by atoms with Crippen LogP contribution in [-0.4, -0.2) is 41.2 Å². The average molecular weight is 436 g/mol. The third kappa shape index (κ3) is 4.73. The van der Waals surface area contributed by atoms with Gasteiger partial charge in [-0.05, 0) is 30.7 Å². The summed E-state index contributed by atoms with van der Waals surface area (Å²) in [5, 5.41) is 6.31. The molecule has 2 aromatic heterocycles. The van der Waals surface area contributed by atoms with Crippen molar-refractivity contribution in [3.63, 3.8) is 0 Å². The van der Waals surface area contributed by atoms with Crippen molar-refractivity contribution in [2.75, 3.05) is 18.0 Å². The number of hydrogen-bond donors (Lipinski definition) is 2. The minimum absolute atomic E-state index is 0.107. The van der Waals surface area contributed by atoms with Crippen LogP contribution in [0.25, 0.3) is 5.65 Å². The monoisotopic (exact) mass is 435 g/mol. The van der Waals surface area contributed by atoms with Gasteiger partial charge in [-0.15, -0.1) is 0 Å². The third-order valence-corrected chi connectivity index (χ3v) is 5.06.